The summed E-state index contributed by atoms with van der Waals surface area (Å²) in [5, 5.41) is 14.8. The van der Waals surface area contributed by atoms with E-state index >= 15 is 0 Å². The molecule has 2 aromatic rings. The first kappa shape index (κ1) is 13.5. The Morgan fingerprint density at radius 3 is 2.16 bits per heavy atom. The maximum Gasteiger partial charge on any atom is 0.323 e. The van der Waals surface area contributed by atoms with Crippen molar-refractivity contribution >= 4 is 40.6 Å². The van der Waals surface area contributed by atoms with Crippen LogP contribution in [0.25, 0.3) is 0 Å². The first-order chi connectivity index (χ1) is 9.06. The molecule has 0 unspecified atom stereocenters. The average Bonchev–Trinajstić information content (AvgIpc) is 2.35. The summed E-state index contributed by atoms with van der Waals surface area (Å²) in [5.74, 6) is -0.0657. The number of phenolic OH excluding ortho intramolecular Hbond substituents is 1. The zero-order valence-corrected chi connectivity index (χ0v) is 11.2. The smallest absolute Gasteiger partial charge is 0.323 e. The van der Waals surface area contributed by atoms with Crippen LogP contribution in [-0.4, -0.2) is 11.1 Å². The molecule has 2 amide bonds. The lowest BCUT2D eigenvalue weighted by atomic mass is 10.3. The maximum absolute atomic E-state index is 11.8. The summed E-state index contributed by atoms with van der Waals surface area (Å²) in [4.78, 5) is 11.8. The van der Waals surface area contributed by atoms with E-state index in [-0.39, 0.29) is 21.5 Å². The molecule has 6 heteroatoms. The fraction of sp³-hybridized carbons (Fsp3) is 0. The second kappa shape index (κ2) is 5.82. The van der Waals surface area contributed by atoms with Crippen LogP contribution in [0.4, 0.5) is 16.2 Å². The van der Waals surface area contributed by atoms with Gasteiger partial charge in [0.25, 0.3) is 0 Å². The zero-order chi connectivity index (χ0) is 13.8. The fourth-order valence-electron chi connectivity index (χ4n) is 1.48. The molecule has 0 aliphatic carbocycles. The molecule has 0 aliphatic heterocycles. The van der Waals surface area contributed by atoms with Crippen molar-refractivity contribution in [3.05, 3.63) is 52.5 Å². The quantitative estimate of drug-likeness (QED) is 0.722. The van der Waals surface area contributed by atoms with E-state index in [1.165, 1.54) is 12.1 Å². The molecule has 0 radical (unpaired) electrons. The highest BCUT2D eigenvalue weighted by molar-refractivity contribution is 6.40. The second-order valence-electron chi connectivity index (χ2n) is 3.73. The Labute approximate surface area is 120 Å². The van der Waals surface area contributed by atoms with Gasteiger partial charge >= 0.3 is 6.03 Å². The van der Waals surface area contributed by atoms with E-state index < -0.39 is 6.03 Å². The van der Waals surface area contributed by atoms with E-state index in [1.807, 2.05) is 6.07 Å². The summed E-state index contributed by atoms with van der Waals surface area (Å²) in [5.41, 5.74) is 0.889. The third-order valence-electron chi connectivity index (χ3n) is 2.30. The number of rotatable bonds is 2. The largest absolute Gasteiger partial charge is 0.508 e. The molecule has 0 bridgehead atoms. The van der Waals surface area contributed by atoms with Gasteiger partial charge in [0.2, 0.25) is 0 Å². The molecule has 0 aliphatic rings. The van der Waals surface area contributed by atoms with Crippen molar-refractivity contribution in [2.75, 3.05) is 10.6 Å². The van der Waals surface area contributed by atoms with Gasteiger partial charge < -0.3 is 15.7 Å². The highest BCUT2D eigenvalue weighted by Crippen LogP contribution is 2.34. The van der Waals surface area contributed by atoms with Crippen molar-refractivity contribution in [3.8, 4) is 5.75 Å². The molecule has 4 nitrogen and oxygen atoms in total. The number of carbonyl (C=O) groups excluding carboxylic acids is 1. The van der Waals surface area contributed by atoms with Crippen LogP contribution in [0, 0.1) is 0 Å². The summed E-state index contributed by atoms with van der Waals surface area (Å²) in [7, 11) is 0. The van der Waals surface area contributed by atoms with E-state index in [0.29, 0.717) is 5.69 Å². The van der Waals surface area contributed by atoms with Crippen LogP contribution in [0.3, 0.4) is 0 Å². The van der Waals surface area contributed by atoms with E-state index in [1.54, 1.807) is 24.3 Å². The van der Waals surface area contributed by atoms with Gasteiger partial charge in [0.05, 0.1) is 15.7 Å². The first-order valence-electron chi connectivity index (χ1n) is 5.37. The van der Waals surface area contributed by atoms with Gasteiger partial charge in [-0.15, -0.1) is 0 Å². The Bertz CT molecular complexity index is 580. The van der Waals surface area contributed by atoms with Crippen LogP contribution in [0.2, 0.25) is 10.0 Å². The minimum atomic E-state index is -0.472. The minimum absolute atomic E-state index is 0.0657. The van der Waals surface area contributed by atoms with Crippen molar-refractivity contribution in [2.45, 2.75) is 0 Å². The number of anilines is 2. The molecule has 0 saturated heterocycles. The van der Waals surface area contributed by atoms with Crippen molar-refractivity contribution in [2.24, 2.45) is 0 Å². The number of nitrogens with one attached hydrogen (secondary N) is 2. The van der Waals surface area contributed by atoms with Gasteiger partial charge in [0, 0.05) is 17.8 Å². The number of phenols is 1. The minimum Gasteiger partial charge on any atom is -0.508 e. The second-order valence-corrected chi connectivity index (χ2v) is 4.54. The lowest BCUT2D eigenvalue weighted by molar-refractivity contribution is 0.262. The Hall–Kier alpha value is -1.91. The summed E-state index contributed by atoms with van der Waals surface area (Å²) >= 11 is 11.8. The lowest BCUT2D eigenvalue weighted by Gasteiger charge is -2.11. The van der Waals surface area contributed by atoms with Crippen LogP contribution >= 0.6 is 23.2 Å². The molecule has 0 saturated carbocycles. The number of halogens is 2. The van der Waals surface area contributed by atoms with Crippen molar-refractivity contribution < 1.29 is 9.90 Å². The Morgan fingerprint density at radius 1 is 1.00 bits per heavy atom. The van der Waals surface area contributed by atoms with Crippen LogP contribution < -0.4 is 10.6 Å². The van der Waals surface area contributed by atoms with E-state index in [2.05, 4.69) is 10.6 Å². The molecule has 2 rings (SSSR count). The van der Waals surface area contributed by atoms with E-state index in [4.69, 9.17) is 23.2 Å². The summed E-state index contributed by atoms with van der Waals surface area (Å²) in [6.07, 6.45) is 0. The molecule has 0 spiro atoms. The number of benzene rings is 2. The van der Waals surface area contributed by atoms with Gasteiger partial charge in [0.15, 0.2) is 0 Å². The average molecular weight is 297 g/mol. The van der Waals surface area contributed by atoms with Crippen molar-refractivity contribution in [3.63, 3.8) is 0 Å². The third-order valence-corrected chi connectivity index (χ3v) is 2.89. The van der Waals surface area contributed by atoms with Crippen LogP contribution in [-0.2, 0) is 0 Å². The van der Waals surface area contributed by atoms with Crippen molar-refractivity contribution in [1.29, 1.82) is 0 Å². The summed E-state index contributed by atoms with van der Waals surface area (Å²) in [6, 6.07) is 11.1. The Kier molecular flexibility index (Phi) is 4.14. The highest BCUT2D eigenvalue weighted by Gasteiger charge is 2.11. The van der Waals surface area contributed by atoms with Crippen molar-refractivity contribution in [1.82, 2.24) is 0 Å². The van der Waals surface area contributed by atoms with Gasteiger partial charge in [-0.2, -0.15) is 0 Å². The number of urea groups is 1. The Balaban J connectivity index is 2.12. The number of hydrogen-bond donors (Lipinski definition) is 3. The number of hydrogen-bond acceptors (Lipinski definition) is 2. The first-order valence-corrected chi connectivity index (χ1v) is 6.13. The normalized spacial score (nSPS) is 10.0. The molecule has 98 valence electrons. The predicted octanol–water partition coefficient (Wildman–Crippen LogP) is 4.34. The lowest BCUT2D eigenvalue weighted by Crippen LogP contribution is -2.19. The summed E-state index contributed by atoms with van der Waals surface area (Å²) < 4.78 is 0. The van der Waals surface area contributed by atoms with Crippen LogP contribution in [0.1, 0.15) is 0 Å². The number of para-hydroxylation sites is 1. The molecule has 0 fully saturated rings. The zero-order valence-electron chi connectivity index (χ0n) is 9.65. The SMILES string of the molecule is O=C(Nc1ccccc1)Nc1c(Cl)cc(O)cc1Cl. The Morgan fingerprint density at radius 2 is 1.58 bits per heavy atom. The molecular weight excluding hydrogens is 287 g/mol. The van der Waals surface area contributed by atoms with E-state index in [9.17, 15) is 9.90 Å². The fourth-order valence-corrected chi connectivity index (χ4v) is 2.05. The number of carbonyl (C=O) groups is 1. The van der Waals surface area contributed by atoms with E-state index in [0.717, 1.165) is 0 Å². The van der Waals surface area contributed by atoms with Gasteiger partial charge in [-0.25, -0.2) is 4.79 Å². The summed E-state index contributed by atoms with van der Waals surface area (Å²) in [6.45, 7) is 0. The monoisotopic (exact) mass is 296 g/mol. The van der Waals surface area contributed by atoms with Gasteiger partial charge in [-0.05, 0) is 12.1 Å². The predicted molar refractivity (Wildman–Crippen MR) is 77.2 cm³/mol. The van der Waals surface area contributed by atoms with Crippen LogP contribution in [0.15, 0.2) is 42.5 Å². The molecule has 0 heterocycles. The molecule has 3 N–H and O–H groups in total. The molecular formula is C13H10Cl2N2O2. The topological polar surface area (TPSA) is 61.4 Å². The van der Waals surface area contributed by atoms with Crippen LogP contribution in [0.5, 0.6) is 5.75 Å². The molecule has 2 aromatic carbocycles. The maximum atomic E-state index is 11.8. The molecule has 0 atom stereocenters. The third kappa shape index (κ3) is 3.53. The molecule has 0 aromatic heterocycles. The molecule has 19 heavy (non-hydrogen) atoms. The number of aromatic hydroxyl groups is 1. The highest BCUT2D eigenvalue weighted by atomic mass is 35.5. The standard InChI is InChI=1S/C13H10Cl2N2O2/c14-10-6-9(18)7-11(15)12(10)17-13(19)16-8-4-2-1-3-5-8/h1-7,18H,(H2,16,17,19). The number of amides is 2. The van der Waals surface area contributed by atoms with Gasteiger partial charge in [-0.1, -0.05) is 41.4 Å². The van der Waals surface area contributed by atoms with Gasteiger partial charge in [0.1, 0.15) is 5.75 Å². The van der Waals surface area contributed by atoms with Gasteiger partial charge in [-0.3, -0.25) is 0 Å².